The third kappa shape index (κ3) is 7.15. The molecule has 1 fully saturated rings. The van der Waals surface area contributed by atoms with Gasteiger partial charge in [-0.25, -0.2) is 0 Å². The van der Waals surface area contributed by atoms with Crippen molar-refractivity contribution < 1.29 is 22.8 Å². The van der Waals surface area contributed by atoms with Crippen molar-refractivity contribution in [2.75, 3.05) is 50.5 Å². The zero-order valence-corrected chi connectivity index (χ0v) is 25.1. The van der Waals surface area contributed by atoms with Crippen molar-refractivity contribution in [3.63, 3.8) is 0 Å². The van der Waals surface area contributed by atoms with E-state index in [1.807, 2.05) is 54.6 Å². The normalized spacial score (nSPS) is 14.5. The summed E-state index contributed by atoms with van der Waals surface area (Å²) in [4.78, 5) is 33.3. The maximum Gasteiger partial charge on any atom is 0.416 e. The van der Waals surface area contributed by atoms with Crippen LogP contribution in [0.25, 0.3) is 10.4 Å². The molecule has 2 amide bonds. The zero-order chi connectivity index (χ0) is 30.7. The number of thiophene rings is 1. The Labute approximate surface area is 253 Å². The fourth-order valence-corrected chi connectivity index (χ4v) is 5.89. The molecule has 0 radical (unpaired) electrons. The van der Waals surface area contributed by atoms with E-state index in [9.17, 15) is 22.8 Å². The molecular formula is C33H33F3N4O2S. The summed E-state index contributed by atoms with van der Waals surface area (Å²) in [5, 5.41) is 4.59. The first-order chi connectivity index (χ1) is 20.5. The van der Waals surface area contributed by atoms with Gasteiger partial charge < -0.3 is 15.1 Å². The monoisotopic (exact) mass is 606 g/mol. The van der Waals surface area contributed by atoms with Gasteiger partial charge in [-0.2, -0.15) is 13.2 Å². The van der Waals surface area contributed by atoms with Crippen LogP contribution < -0.4 is 10.2 Å². The molecule has 1 aliphatic rings. The van der Waals surface area contributed by atoms with Crippen LogP contribution in [0, 0.1) is 6.92 Å². The van der Waals surface area contributed by atoms with Crippen molar-refractivity contribution in [1.29, 1.82) is 0 Å². The number of nitrogens with one attached hydrogen (secondary N) is 1. The third-order valence-electron chi connectivity index (χ3n) is 7.72. The Morgan fingerprint density at radius 1 is 0.930 bits per heavy atom. The van der Waals surface area contributed by atoms with Gasteiger partial charge in [0, 0.05) is 67.2 Å². The zero-order valence-electron chi connectivity index (χ0n) is 24.2. The topological polar surface area (TPSA) is 55.9 Å². The van der Waals surface area contributed by atoms with Gasteiger partial charge in [-0.15, -0.1) is 11.3 Å². The number of anilines is 2. The number of likely N-dealkylation sites (N-methyl/N-ethyl adjacent to an activating group) is 1. The fourth-order valence-electron chi connectivity index (χ4n) is 5.17. The molecule has 0 unspecified atom stereocenters. The molecule has 0 atom stereocenters. The molecule has 0 aliphatic carbocycles. The van der Waals surface area contributed by atoms with Crippen LogP contribution in [0.3, 0.4) is 0 Å². The molecule has 5 rings (SSSR count). The summed E-state index contributed by atoms with van der Waals surface area (Å²) in [5.41, 5.74) is 2.43. The maximum absolute atomic E-state index is 14.0. The summed E-state index contributed by atoms with van der Waals surface area (Å²) in [6.45, 7) is 5.01. The van der Waals surface area contributed by atoms with Crippen molar-refractivity contribution in [2.24, 2.45) is 0 Å². The molecule has 1 aromatic heterocycles. The van der Waals surface area contributed by atoms with Gasteiger partial charge in [0.15, 0.2) is 0 Å². The van der Waals surface area contributed by atoms with Crippen LogP contribution in [-0.4, -0.2) is 61.9 Å². The number of aryl methyl sites for hydroxylation is 1. The third-order valence-corrected chi connectivity index (χ3v) is 8.63. The van der Waals surface area contributed by atoms with E-state index in [2.05, 4.69) is 10.2 Å². The Balaban J connectivity index is 1.34. The highest BCUT2D eigenvalue weighted by atomic mass is 32.1. The second-order valence-electron chi connectivity index (χ2n) is 10.8. The molecule has 1 saturated heterocycles. The summed E-state index contributed by atoms with van der Waals surface area (Å²) < 4.78 is 42.1. The van der Waals surface area contributed by atoms with Gasteiger partial charge in [0.05, 0.1) is 5.56 Å². The highest BCUT2D eigenvalue weighted by Gasteiger charge is 2.34. The lowest BCUT2D eigenvalue weighted by Crippen LogP contribution is -2.44. The molecule has 1 aliphatic heterocycles. The number of piperazine rings is 1. The van der Waals surface area contributed by atoms with E-state index < -0.39 is 17.6 Å². The highest BCUT2D eigenvalue weighted by molar-refractivity contribution is 7.13. The number of carbonyl (C=O) groups excluding carboxylic acids is 2. The maximum atomic E-state index is 14.0. The number of alkyl halides is 3. The lowest BCUT2D eigenvalue weighted by molar-refractivity contribution is -0.138. The lowest BCUT2D eigenvalue weighted by atomic mass is 10.0. The molecule has 6 nitrogen and oxygen atoms in total. The Kier molecular flexibility index (Phi) is 9.00. The van der Waals surface area contributed by atoms with Crippen LogP contribution >= 0.6 is 11.3 Å². The molecule has 224 valence electrons. The Bertz CT molecular complexity index is 1610. The molecule has 0 saturated carbocycles. The summed E-state index contributed by atoms with van der Waals surface area (Å²) in [6.07, 6.45) is -4.57. The first kappa shape index (κ1) is 30.5. The van der Waals surface area contributed by atoms with Gasteiger partial charge >= 0.3 is 6.18 Å². The molecule has 43 heavy (non-hydrogen) atoms. The standard InChI is InChI=1S/C33H33F3N4O2S/c1-22-9-10-24(19-29(22)39(3)32(42)25-7-4-6-23(18-25)30-8-5-17-43-30)31(41)37-27-12-11-26(28(20-27)33(34,35)36)21-40-15-13-38(2)14-16-40/h4-12,17-20H,13-16,21H2,1-3H3,(H,37,41). The van der Waals surface area contributed by atoms with E-state index in [4.69, 9.17) is 0 Å². The van der Waals surface area contributed by atoms with Gasteiger partial charge in [-0.3, -0.25) is 14.5 Å². The number of benzene rings is 3. The number of halogens is 3. The Hall–Kier alpha value is -3.99. The van der Waals surface area contributed by atoms with E-state index >= 15 is 0 Å². The predicted octanol–water partition coefficient (Wildman–Crippen LogP) is 7.02. The summed E-state index contributed by atoms with van der Waals surface area (Å²) in [5.74, 6) is -0.813. The van der Waals surface area contributed by atoms with Crippen LogP contribution in [-0.2, 0) is 12.7 Å². The molecule has 0 spiro atoms. The fraction of sp³-hybridized carbons (Fsp3) is 0.273. The van der Waals surface area contributed by atoms with Crippen LogP contribution in [0.1, 0.15) is 37.4 Å². The summed E-state index contributed by atoms with van der Waals surface area (Å²) in [6, 6.07) is 20.1. The van der Waals surface area contributed by atoms with Crippen molar-refractivity contribution in [3.8, 4) is 10.4 Å². The van der Waals surface area contributed by atoms with Crippen molar-refractivity contribution in [3.05, 3.63) is 106 Å². The van der Waals surface area contributed by atoms with E-state index in [0.717, 1.165) is 35.2 Å². The van der Waals surface area contributed by atoms with Crippen LogP contribution in [0.5, 0.6) is 0 Å². The van der Waals surface area contributed by atoms with Gasteiger partial charge in [0.25, 0.3) is 11.8 Å². The number of carbonyl (C=O) groups is 2. The van der Waals surface area contributed by atoms with Crippen molar-refractivity contribution in [1.82, 2.24) is 9.80 Å². The molecule has 2 heterocycles. The molecule has 4 aromatic rings. The quantitative estimate of drug-likeness (QED) is 0.246. The summed E-state index contributed by atoms with van der Waals surface area (Å²) >= 11 is 1.58. The summed E-state index contributed by atoms with van der Waals surface area (Å²) in [7, 11) is 3.63. The number of hydrogen-bond donors (Lipinski definition) is 1. The minimum atomic E-state index is -4.57. The van der Waals surface area contributed by atoms with Gasteiger partial charge in [0.2, 0.25) is 0 Å². The first-order valence-corrected chi connectivity index (χ1v) is 14.8. The Morgan fingerprint density at radius 3 is 2.40 bits per heavy atom. The molecule has 3 aromatic carbocycles. The van der Waals surface area contributed by atoms with Gasteiger partial charge in [-0.1, -0.05) is 30.3 Å². The number of amides is 2. The average Bonchev–Trinajstić information content (AvgIpc) is 3.53. The van der Waals surface area contributed by atoms with E-state index in [0.29, 0.717) is 24.3 Å². The minimum Gasteiger partial charge on any atom is -0.322 e. The number of hydrogen-bond acceptors (Lipinski definition) is 5. The van der Waals surface area contributed by atoms with Crippen LogP contribution in [0.4, 0.5) is 24.5 Å². The highest BCUT2D eigenvalue weighted by Crippen LogP contribution is 2.35. The van der Waals surface area contributed by atoms with E-state index in [1.165, 1.54) is 17.0 Å². The van der Waals surface area contributed by atoms with Gasteiger partial charge in [-0.05, 0) is 78.5 Å². The SMILES string of the molecule is Cc1ccc(C(=O)Nc2ccc(CN3CCN(C)CC3)c(C(F)(F)F)c2)cc1N(C)C(=O)c1cccc(-c2cccs2)c1. The lowest BCUT2D eigenvalue weighted by Gasteiger charge is -2.33. The minimum absolute atomic E-state index is 0.0522. The molecule has 10 heteroatoms. The molecular weight excluding hydrogens is 573 g/mol. The molecule has 1 N–H and O–H groups in total. The van der Waals surface area contributed by atoms with Crippen molar-refractivity contribution >= 4 is 34.5 Å². The average molecular weight is 607 g/mol. The number of rotatable bonds is 7. The predicted molar refractivity (Wildman–Crippen MR) is 166 cm³/mol. The van der Waals surface area contributed by atoms with Crippen molar-refractivity contribution in [2.45, 2.75) is 19.6 Å². The van der Waals surface area contributed by atoms with Gasteiger partial charge in [0.1, 0.15) is 0 Å². The van der Waals surface area contributed by atoms with Crippen LogP contribution in [0.15, 0.2) is 78.2 Å². The number of nitrogens with zero attached hydrogens (tertiary/aromatic N) is 3. The first-order valence-electron chi connectivity index (χ1n) is 13.9. The second kappa shape index (κ2) is 12.7. The smallest absolute Gasteiger partial charge is 0.322 e. The Morgan fingerprint density at radius 2 is 1.70 bits per heavy atom. The molecule has 0 bridgehead atoms. The van der Waals surface area contributed by atoms with Crippen LogP contribution in [0.2, 0.25) is 0 Å². The second-order valence-corrected chi connectivity index (χ2v) is 11.8. The van der Waals surface area contributed by atoms with E-state index in [-0.39, 0.29) is 29.3 Å². The largest absolute Gasteiger partial charge is 0.416 e. The van der Waals surface area contributed by atoms with E-state index in [1.54, 1.807) is 42.6 Å².